The second-order valence-corrected chi connectivity index (χ2v) is 8.07. The van der Waals surface area contributed by atoms with E-state index in [2.05, 4.69) is 10.6 Å². The maximum absolute atomic E-state index is 12.9. The zero-order valence-electron chi connectivity index (χ0n) is 17.2. The van der Waals surface area contributed by atoms with E-state index in [9.17, 15) is 19.5 Å². The third-order valence-corrected chi connectivity index (χ3v) is 5.62. The van der Waals surface area contributed by atoms with E-state index in [-0.39, 0.29) is 25.5 Å². The predicted octanol–water partition coefficient (Wildman–Crippen LogP) is 2.31. The summed E-state index contributed by atoms with van der Waals surface area (Å²) in [6, 6.07) is 12.2. The maximum atomic E-state index is 12.9. The van der Waals surface area contributed by atoms with Gasteiger partial charge in [-0.3, -0.25) is 9.59 Å². The molecule has 10 heteroatoms. The maximum Gasteiger partial charge on any atom is 0.322 e. The summed E-state index contributed by atoms with van der Waals surface area (Å²) in [6.07, 6.45) is -0.656. The van der Waals surface area contributed by atoms with E-state index in [1.54, 1.807) is 53.4 Å². The molecule has 0 saturated carbocycles. The first-order chi connectivity index (χ1) is 15.4. The zero-order chi connectivity index (χ0) is 22.7. The number of amides is 4. The fourth-order valence-corrected chi connectivity index (χ4v) is 3.88. The summed E-state index contributed by atoms with van der Waals surface area (Å²) in [5.41, 5.74) is 1.78. The van der Waals surface area contributed by atoms with Crippen molar-refractivity contribution in [2.24, 2.45) is 0 Å². The molecule has 2 saturated heterocycles. The molecular weight excluding hydrogens is 436 g/mol. The molecule has 0 bridgehead atoms. The predicted molar refractivity (Wildman–Crippen MR) is 120 cm³/mol. The number of rotatable bonds is 4. The Bertz CT molecular complexity index is 998. The van der Waals surface area contributed by atoms with Crippen LogP contribution in [0.4, 0.5) is 21.9 Å². The first kappa shape index (κ1) is 22.1. The van der Waals surface area contributed by atoms with Crippen LogP contribution in [0.5, 0.6) is 0 Å². The highest BCUT2D eigenvalue weighted by Crippen LogP contribution is 2.24. The summed E-state index contributed by atoms with van der Waals surface area (Å²) < 4.78 is 5.14. The van der Waals surface area contributed by atoms with Crippen LogP contribution in [0.2, 0.25) is 5.02 Å². The molecule has 2 aromatic carbocycles. The number of β-amino-alcohol motifs (C(OH)–C–C–N with tert-alkyl or cyclic N) is 1. The van der Waals surface area contributed by atoms with Gasteiger partial charge in [0.05, 0.1) is 12.7 Å². The monoisotopic (exact) mass is 458 g/mol. The van der Waals surface area contributed by atoms with E-state index in [1.807, 2.05) is 0 Å². The molecule has 3 N–H and O–H groups in total. The van der Waals surface area contributed by atoms with Crippen LogP contribution in [0.3, 0.4) is 0 Å². The van der Waals surface area contributed by atoms with Gasteiger partial charge in [-0.1, -0.05) is 11.6 Å². The smallest absolute Gasteiger partial charge is 0.322 e. The van der Waals surface area contributed by atoms with E-state index >= 15 is 0 Å². The van der Waals surface area contributed by atoms with Crippen LogP contribution in [0, 0.1) is 0 Å². The molecule has 4 amide bonds. The van der Waals surface area contributed by atoms with Crippen LogP contribution in [-0.2, 0) is 14.3 Å². The Hall–Kier alpha value is -3.14. The number of anilines is 3. The molecule has 168 valence electrons. The van der Waals surface area contributed by atoms with E-state index in [1.165, 1.54) is 4.90 Å². The normalized spacial score (nSPS) is 20.9. The fraction of sp³-hybridized carbons (Fsp3) is 0.318. The molecular formula is C22H23ClN4O5. The van der Waals surface area contributed by atoms with Gasteiger partial charge in [0.1, 0.15) is 12.6 Å². The number of halogens is 1. The average Bonchev–Trinajstić information content (AvgIpc) is 3.18. The van der Waals surface area contributed by atoms with E-state index in [0.29, 0.717) is 29.5 Å². The molecule has 0 radical (unpaired) electrons. The van der Waals surface area contributed by atoms with Crippen molar-refractivity contribution >= 4 is 46.5 Å². The summed E-state index contributed by atoms with van der Waals surface area (Å²) in [4.78, 5) is 40.5. The Labute approximate surface area is 189 Å². The molecule has 9 nitrogen and oxygen atoms in total. The first-order valence-electron chi connectivity index (χ1n) is 10.2. The Balaban J connectivity index is 1.40. The van der Waals surface area contributed by atoms with Crippen molar-refractivity contribution in [2.75, 3.05) is 41.8 Å². The molecule has 2 aliphatic rings. The number of aliphatic hydroxyl groups excluding tert-OH is 1. The highest BCUT2D eigenvalue weighted by molar-refractivity contribution is 6.30. The standard InChI is InChI=1S/C22H23ClN4O5/c23-14-1-3-16(4-2-14)25-22(31)27-12-18(28)11-19(27)21(30)24-15-5-7-17(8-6-15)26-9-10-32-13-20(26)29/h1-8,18-19,28H,9-13H2,(H,24,30)(H,25,31)/t18-,19+/m0/s1. The Morgan fingerprint density at radius 1 is 1.03 bits per heavy atom. The number of nitrogens with one attached hydrogen (secondary N) is 2. The number of benzene rings is 2. The van der Waals surface area contributed by atoms with Crippen molar-refractivity contribution in [1.29, 1.82) is 0 Å². The van der Waals surface area contributed by atoms with Crippen molar-refractivity contribution in [3.63, 3.8) is 0 Å². The summed E-state index contributed by atoms with van der Waals surface area (Å²) in [7, 11) is 0. The Morgan fingerprint density at radius 2 is 1.69 bits per heavy atom. The lowest BCUT2D eigenvalue weighted by atomic mass is 10.1. The average molecular weight is 459 g/mol. The third-order valence-electron chi connectivity index (χ3n) is 5.37. The molecule has 2 aliphatic heterocycles. The molecule has 32 heavy (non-hydrogen) atoms. The molecule has 2 fully saturated rings. The number of likely N-dealkylation sites (tertiary alicyclic amines) is 1. The molecule has 2 aromatic rings. The molecule has 0 spiro atoms. The minimum absolute atomic E-state index is 0.0512. The van der Waals surface area contributed by atoms with Gasteiger partial charge in [0.15, 0.2) is 0 Å². The highest BCUT2D eigenvalue weighted by Gasteiger charge is 2.39. The lowest BCUT2D eigenvalue weighted by Gasteiger charge is -2.27. The lowest BCUT2D eigenvalue weighted by molar-refractivity contribution is -0.125. The second kappa shape index (κ2) is 9.56. The van der Waals surface area contributed by atoms with Gasteiger partial charge in [-0.05, 0) is 48.5 Å². The van der Waals surface area contributed by atoms with Gasteiger partial charge in [-0.15, -0.1) is 0 Å². The summed E-state index contributed by atoms with van der Waals surface area (Å²) >= 11 is 5.86. The minimum atomic E-state index is -0.821. The Kier molecular flexibility index (Phi) is 6.59. The van der Waals surface area contributed by atoms with Crippen LogP contribution >= 0.6 is 11.6 Å². The SMILES string of the molecule is O=C(Nc1ccc(N2CCOCC2=O)cc1)[C@H]1C[C@H](O)CN1C(=O)Nc1ccc(Cl)cc1. The van der Waals surface area contributed by atoms with Gasteiger partial charge >= 0.3 is 6.03 Å². The van der Waals surface area contributed by atoms with Crippen molar-refractivity contribution < 1.29 is 24.2 Å². The van der Waals surface area contributed by atoms with Crippen molar-refractivity contribution in [3.8, 4) is 0 Å². The lowest BCUT2D eigenvalue weighted by Crippen LogP contribution is -2.45. The van der Waals surface area contributed by atoms with Crippen LogP contribution < -0.4 is 15.5 Å². The number of carbonyl (C=O) groups excluding carboxylic acids is 3. The number of hydrogen-bond donors (Lipinski definition) is 3. The zero-order valence-corrected chi connectivity index (χ0v) is 17.9. The van der Waals surface area contributed by atoms with Gasteiger partial charge in [-0.25, -0.2) is 4.79 Å². The first-order valence-corrected chi connectivity index (χ1v) is 10.6. The largest absolute Gasteiger partial charge is 0.391 e. The number of ether oxygens (including phenoxy) is 1. The van der Waals surface area contributed by atoms with Crippen molar-refractivity contribution in [2.45, 2.75) is 18.6 Å². The fourth-order valence-electron chi connectivity index (χ4n) is 3.76. The topological polar surface area (TPSA) is 111 Å². The van der Waals surface area contributed by atoms with Gasteiger partial charge in [0.25, 0.3) is 5.91 Å². The summed E-state index contributed by atoms with van der Waals surface area (Å²) in [5, 5.41) is 16.1. The molecule has 0 aromatic heterocycles. The van der Waals surface area contributed by atoms with E-state index in [4.69, 9.17) is 16.3 Å². The van der Waals surface area contributed by atoms with Gasteiger partial charge in [0.2, 0.25) is 5.91 Å². The number of aliphatic hydroxyl groups is 1. The summed E-state index contributed by atoms with van der Waals surface area (Å²) in [5.74, 6) is -0.515. The number of morpholine rings is 1. The van der Waals surface area contributed by atoms with Gasteiger partial charge in [-0.2, -0.15) is 0 Å². The van der Waals surface area contributed by atoms with E-state index in [0.717, 1.165) is 5.69 Å². The quantitative estimate of drug-likeness (QED) is 0.651. The van der Waals surface area contributed by atoms with Crippen LogP contribution in [0.25, 0.3) is 0 Å². The Morgan fingerprint density at radius 3 is 2.38 bits per heavy atom. The number of hydrogen-bond acceptors (Lipinski definition) is 5. The van der Waals surface area contributed by atoms with E-state index < -0.39 is 24.1 Å². The second-order valence-electron chi connectivity index (χ2n) is 7.63. The van der Waals surface area contributed by atoms with Crippen molar-refractivity contribution in [3.05, 3.63) is 53.6 Å². The summed E-state index contributed by atoms with van der Waals surface area (Å²) in [6.45, 7) is 1.05. The van der Waals surface area contributed by atoms with Crippen LogP contribution in [0.1, 0.15) is 6.42 Å². The highest BCUT2D eigenvalue weighted by atomic mass is 35.5. The number of urea groups is 1. The third kappa shape index (κ3) is 5.01. The van der Waals surface area contributed by atoms with Crippen LogP contribution in [0.15, 0.2) is 48.5 Å². The number of nitrogens with zero attached hydrogens (tertiary/aromatic N) is 2. The molecule has 4 rings (SSSR count). The molecule has 0 aliphatic carbocycles. The minimum Gasteiger partial charge on any atom is -0.391 e. The molecule has 2 atom stereocenters. The van der Waals surface area contributed by atoms with Gasteiger partial charge < -0.3 is 30.3 Å². The molecule has 2 heterocycles. The van der Waals surface area contributed by atoms with Crippen molar-refractivity contribution in [1.82, 2.24) is 4.90 Å². The number of carbonyl (C=O) groups is 3. The molecule has 0 unspecified atom stereocenters. The van der Waals surface area contributed by atoms with Crippen LogP contribution in [-0.4, -0.2) is 66.3 Å². The van der Waals surface area contributed by atoms with Gasteiger partial charge in [0, 0.05) is 41.6 Å².